The average Bonchev–Trinajstić information content (AvgIpc) is 3.09. The summed E-state index contributed by atoms with van der Waals surface area (Å²) in [6.07, 6.45) is 2.47. The van der Waals surface area contributed by atoms with Crippen LogP contribution in [0.4, 0.5) is 0 Å². The number of carbonyl (C=O) groups is 1. The van der Waals surface area contributed by atoms with Crippen molar-refractivity contribution in [1.29, 1.82) is 0 Å². The van der Waals surface area contributed by atoms with E-state index in [-0.39, 0.29) is 18.1 Å². The van der Waals surface area contributed by atoms with Crippen LogP contribution in [0.1, 0.15) is 35.3 Å². The molecule has 0 spiro atoms. The highest BCUT2D eigenvalue weighted by atomic mass is 16.5. The molecule has 1 aliphatic rings. The van der Waals surface area contributed by atoms with E-state index >= 15 is 0 Å². The summed E-state index contributed by atoms with van der Waals surface area (Å²) in [5, 5.41) is 2.97. The Bertz CT molecular complexity index is 637. The Labute approximate surface area is 135 Å². The minimum absolute atomic E-state index is 0.0558. The van der Waals surface area contributed by atoms with E-state index in [1.54, 1.807) is 12.1 Å². The fourth-order valence-electron chi connectivity index (χ4n) is 2.47. The predicted molar refractivity (Wildman–Crippen MR) is 86.4 cm³/mol. The Balaban J connectivity index is 1.59. The number of benzene rings is 1. The molecule has 1 N–H and O–H groups in total. The molecule has 1 aliphatic heterocycles. The fourth-order valence-corrected chi connectivity index (χ4v) is 2.47. The van der Waals surface area contributed by atoms with E-state index < -0.39 is 0 Å². The van der Waals surface area contributed by atoms with Gasteiger partial charge in [0.15, 0.2) is 0 Å². The summed E-state index contributed by atoms with van der Waals surface area (Å²) in [7, 11) is 0. The molecule has 1 aromatic heterocycles. The van der Waals surface area contributed by atoms with Crippen LogP contribution in [0.15, 0.2) is 48.7 Å². The molecule has 3 rings (SSSR count). The van der Waals surface area contributed by atoms with Crippen molar-refractivity contribution in [2.45, 2.75) is 25.5 Å². The molecule has 23 heavy (non-hydrogen) atoms. The monoisotopic (exact) mass is 312 g/mol. The molecule has 1 fully saturated rings. The highest BCUT2D eigenvalue weighted by molar-refractivity contribution is 5.94. The van der Waals surface area contributed by atoms with Crippen molar-refractivity contribution >= 4 is 5.91 Å². The van der Waals surface area contributed by atoms with Crippen molar-refractivity contribution in [1.82, 2.24) is 10.3 Å². The maximum Gasteiger partial charge on any atom is 0.253 e. The second-order valence-corrected chi connectivity index (χ2v) is 5.59. The second-order valence-electron chi connectivity index (χ2n) is 5.59. The maximum atomic E-state index is 12.3. The van der Waals surface area contributed by atoms with Gasteiger partial charge in [0.1, 0.15) is 6.10 Å². The van der Waals surface area contributed by atoms with Crippen LogP contribution in [-0.2, 0) is 4.74 Å². The molecule has 0 radical (unpaired) electrons. The van der Waals surface area contributed by atoms with Gasteiger partial charge in [0.25, 0.3) is 5.91 Å². The Morgan fingerprint density at radius 2 is 2.13 bits per heavy atom. The number of amides is 1. The van der Waals surface area contributed by atoms with E-state index in [1.807, 2.05) is 37.3 Å². The highest BCUT2D eigenvalue weighted by Gasteiger charge is 2.18. The topological polar surface area (TPSA) is 60.5 Å². The van der Waals surface area contributed by atoms with Crippen LogP contribution in [-0.4, -0.2) is 30.2 Å². The highest BCUT2D eigenvalue weighted by Crippen LogP contribution is 2.16. The smallest absolute Gasteiger partial charge is 0.253 e. The van der Waals surface area contributed by atoms with Gasteiger partial charge in [-0.15, -0.1) is 0 Å². The molecule has 2 atom stereocenters. The molecule has 1 aromatic carbocycles. The lowest BCUT2D eigenvalue weighted by atomic mass is 10.1. The van der Waals surface area contributed by atoms with Crippen LogP contribution in [0.2, 0.25) is 0 Å². The number of nitrogens with zero attached hydrogens (tertiary/aromatic N) is 1. The van der Waals surface area contributed by atoms with Gasteiger partial charge in [0, 0.05) is 18.7 Å². The predicted octanol–water partition coefficient (Wildman–Crippen LogP) is 2.74. The molecular formula is C18H20N2O3. The van der Waals surface area contributed by atoms with Gasteiger partial charge in [0.05, 0.1) is 24.8 Å². The van der Waals surface area contributed by atoms with Crippen molar-refractivity contribution in [2.75, 3.05) is 13.2 Å². The number of pyridine rings is 1. The third-order valence-electron chi connectivity index (χ3n) is 3.82. The molecule has 2 aromatic rings. The first-order chi connectivity index (χ1) is 11.2. The fraction of sp³-hybridized carbons (Fsp3) is 0.333. The Kier molecular flexibility index (Phi) is 4.88. The average molecular weight is 312 g/mol. The number of nitrogens with one attached hydrogen (secondary N) is 1. The second kappa shape index (κ2) is 7.24. The van der Waals surface area contributed by atoms with Gasteiger partial charge >= 0.3 is 0 Å². The van der Waals surface area contributed by atoms with Crippen molar-refractivity contribution in [3.05, 3.63) is 59.8 Å². The van der Waals surface area contributed by atoms with Gasteiger partial charge in [-0.25, -0.2) is 4.98 Å². The quantitative estimate of drug-likeness (QED) is 0.922. The largest absolute Gasteiger partial charge is 0.472 e. The minimum Gasteiger partial charge on any atom is -0.472 e. The van der Waals surface area contributed by atoms with E-state index in [1.165, 1.54) is 6.20 Å². The lowest BCUT2D eigenvalue weighted by molar-refractivity contribution is 0.0939. The lowest BCUT2D eigenvalue weighted by Gasteiger charge is -2.14. The number of hydrogen-bond acceptors (Lipinski definition) is 4. The van der Waals surface area contributed by atoms with Crippen LogP contribution < -0.4 is 10.1 Å². The summed E-state index contributed by atoms with van der Waals surface area (Å²) in [5.41, 5.74) is 1.58. The third kappa shape index (κ3) is 4.07. The van der Waals surface area contributed by atoms with Crippen LogP contribution in [0, 0.1) is 0 Å². The van der Waals surface area contributed by atoms with Gasteiger partial charge in [-0.3, -0.25) is 4.79 Å². The first kappa shape index (κ1) is 15.5. The zero-order valence-corrected chi connectivity index (χ0v) is 13.1. The van der Waals surface area contributed by atoms with Gasteiger partial charge in [-0.1, -0.05) is 30.3 Å². The van der Waals surface area contributed by atoms with E-state index in [0.717, 1.165) is 18.6 Å². The normalized spacial score (nSPS) is 18.4. The summed E-state index contributed by atoms with van der Waals surface area (Å²) in [6.45, 7) is 3.28. The van der Waals surface area contributed by atoms with Crippen molar-refractivity contribution in [3.63, 3.8) is 0 Å². The molecule has 0 bridgehead atoms. The van der Waals surface area contributed by atoms with Crippen molar-refractivity contribution in [2.24, 2.45) is 0 Å². The number of rotatable bonds is 5. The van der Waals surface area contributed by atoms with E-state index in [0.29, 0.717) is 18.1 Å². The number of aromatic nitrogens is 1. The lowest BCUT2D eigenvalue weighted by Crippen LogP contribution is -2.26. The van der Waals surface area contributed by atoms with Gasteiger partial charge in [-0.2, -0.15) is 0 Å². The summed E-state index contributed by atoms with van der Waals surface area (Å²) >= 11 is 0. The molecule has 5 heteroatoms. The van der Waals surface area contributed by atoms with Crippen LogP contribution in [0.25, 0.3) is 0 Å². The molecule has 2 heterocycles. The zero-order valence-electron chi connectivity index (χ0n) is 13.1. The summed E-state index contributed by atoms with van der Waals surface area (Å²) < 4.78 is 11.0. The third-order valence-corrected chi connectivity index (χ3v) is 3.82. The Morgan fingerprint density at radius 3 is 2.78 bits per heavy atom. The van der Waals surface area contributed by atoms with Gasteiger partial charge in [-0.05, 0) is 18.6 Å². The molecule has 1 saturated heterocycles. The number of hydrogen-bond donors (Lipinski definition) is 1. The minimum atomic E-state index is -0.149. The summed E-state index contributed by atoms with van der Waals surface area (Å²) in [6, 6.07) is 13.2. The molecule has 120 valence electrons. The SMILES string of the molecule is CC(NC(=O)c1ccc(OC2CCOC2)nc1)c1ccccc1. The Morgan fingerprint density at radius 1 is 1.30 bits per heavy atom. The molecule has 0 aliphatic carbocycles. The van der Waals surface area contributed by atoms with Gasteiger partial charge in [0.2, 0.25) is 5.88 Å². The zero-order chi connectivity index (χ0) is 16.1. The van der Waals surface area contributed by atoms with Crippen LogP contribution in [0.3, 0.4) is 0 Å². The van der Waals surface area contributed by atoms with E-state index in [4.69, 9.17) is 9.47 Å². The van der Waals surface area contributed by atoms with Crippen molar-refractivity contribution < 1.29 is 14.3 Å². The first-order valence-electron chi connectivity index (χ1n) is 7.78. The molecule has 0 saturated carbocycles. The molecule has 2 unspecified atom stereocenters. The van der Waals surface area contributed by atoms with Crippen LogP contribution in [0.5, 0.6) is 5.88 Å². The first-order valence-corrected chi connectivity index (χ1v) is 7.78. The van der Waals surface area contributed by atoms with Crippen LogP contribution >= 0.6 is 0 Å². The molecule has 5 nitrogen and oxygen atoms in total. The molecular weight excluding hydrogens is 292 g/mol. The maximum absolute atomic E-state index is 12.3. The standard InChI is InChI=1S/C18H20N2O3/c1-13(14-5-3-2-4-6-14)20-18(21)15-7-8-17(19-11-15)23-16-9-10-22-12-16/h2-8,11,13,16H,9-10,12H2,1H3,(H,20,21). The summed E-state index contributed by atoms with van der Waals surface area (Å²) in [5.74, 6) is 0.373. The van der Waals surface area contributed by atoms with Gasteiger partial charge < -0.3 is 14.8 Å². The number of ether oxygens (including phenoxy) is 2. The van der Waals surface area contributed by atoms with E-state index in [2.05, 4.69) is 10.3 Å². The van der Waals surface area contributed by atoms with Crippen molar-refractivity contribution in [3.8, 4) is 5.88 Å². The molecule has 1 amide bonds. The Hall–Kier alpha value is -2.40. The van der Waals surface area contributed by atoms with E-state index in [9.17, 15) is 4.79 Å². The number of carbonyl (C=O) groups excluding carboxylic acids is 1. The summed E-state index contributed by atoms with van der Waals surface area (Å²) in [4.78, 5) is 16.5.